The van der Waals surface area contributed by atoms with Crippen molar-refractivity contribution < 1.29 is 19.1 Å². The van der Waals surface area contributed by atoms with Crippen molar-refractivity contribution in [1.29, 1.82) is 0 Å². The van der Waals surface area contributed by atoms with Crippen molar-refractivity contribution >= 4 is 17.5 Å². The maximum atomic E-state index is 12.6. The van der Waals surface area contributed by atoms with Crippen LogP contribution >= 0.6 is 0 Å². The molecule has 1 N–H and O–H groups in total. The number of carbonyl (C=O) groups is 2. The van der Waals surface area contributed by atoms with Crippen molar-refractivity contribution in [2.24, 2.45) is 0 Å². The molecular formula is C19H23N3O4. The maximum absolute atomic E-state index is 12.6. The van der Waals surface area contributed by atoms with Gasteiger partial charge in [-0.3, -0.25) is 14.6 Å². The number of rotatable bonds is 7. The van der Waals surface area contributed by atoms with Gasteiger partial charge in [-0.05, 0) is 32.0 Å². The van der Waals surface area contributed by atoms with Gasteiger partial charge >= 0.3 is 0 Å². The second-order valence-electron chi connectivity index (χ2n) is 5.46. The van der Waals surface area contributed by atoms with Crippen molar-refractivity contribution in [3.63, 3.8) is 0 Å². The van der Waals surface area contributed by atoms with E-state index in [1.807, 2.05) is 13.8 Å². The van der Waals surface area contributed by atoms with Crippen LogP contribution in [0, 0.1) is 0 Å². The highest BCUT2D eigenvalue weighted by Crippen LogP contribution is 2.29. The number of nitrogens with zero attached hydrogens (tertiary/aromatic N) is 2. The lowest BCUT2D eigenvalue weighted by molar-refractivity contribution is 0.0772. The van der Waals surface area contributed by atoms with Gasteiger partial charge < -0.3 is 19.7 Å². The van der Waals surface area contributed by atoms with Crippen LogP contribution in [-0.2, 0) is 0 Å². The molecule has 0 bridgehead atoms. The van der Waals surface area contributed by atoms with Gasteiger partial charge in [-0.2, -0.15) is 0 Å². The molecule has 0 radical (unpaired) electrons. The highest BCUT2D eigenvalue weighted by molar-refractivity contribution is 6.06. The van der Waals surface area contributed by atoms with Gasteiger partial charge in [0.1, 0.15) is 11.5 Å². The van der Waals surface area contributed by atoms with Crippen LogP contribution in [0.3, 0.4) is 0 Å². The molecule has 138 valence electrons. The molecular weight excluding hydrogens is 334 g/mol. The molecule has 1 heterocycles. The van der Waals surface area contributed by atoms with Crippen LogP contribution in [-0.4, -0.2) is 49.0 Å². The average Bonchev–Trinajstić information content (AvgIpc) is 2.69. The van der Waals surface area contributed by atoms with E-state index < -0.39 is 0 Å². The van der Waals surface area contributed by atoms with Crippen LogP contribution < -0.4 is 14.8 Å². The van der Waals surface area contributed by atoms with Gasteiger partial charge in [-0.25, -0.2) is 0 Å². The van der Waals surface area contributed by atoms with Crippen molar-refractivity contribution in [2.45, 2.75) is 13.8 Å². The Morgan fingerprint density at radius 1 is 1.04 bits per heavy atom. The van der Waals surface area contributed by atoms with Gasteiger partial charge in [-0.1, -0.05) is 0 Å². The second kappa shape index (κ2) is 8.84. The van der Waals surface area contributed by atoms with Crippen molar-refractivity contribution in [3.05, 3.63) is 47.8 Å². The summed E-state index contributed by atoms with van der Waals surface area (Å²) in [7, 11) is 3.06. The summed E-state index contributed by atoms with van der Waals surface area (Å²) in [5.74, 6) is 0.559. The van der Waals surface area contributed by atoms with E-state index in [4.69, 9.17) is 9.47 Å². The first kappa shape index (κ1) is 19.2. The summed E-state index contributed by atoms with van der Waals surface area (Å²) in [4.78, 5) is 30.7. The summed E-state index contributed by atoms with van der Waals surface area (Å²) in [5.41, 5.74) is 1.17. The Labute approximate surface area is 152 Å². The van der Waals surface area contributed by atoms with Gasteiger partial charge in [0.05, 0.1) is 31.0 Å². The topological polar surface area (TPSA) is 80.8 Å². The third-order valence-electron chi connectivity index (χ3n) is 3.95. The third-order valence-corrected chi connectivity index (χ3v) is 3.95. The molecule has 0 aliphatic rings. The molecule has 0 unspecified atom stereocenters. The number of methoxy groups -OCH3 is 2. The molecule has 2 aromatic rings. The second-order valence-corrected chi connectivity index (χ2v) is 5.46. The van der Waals surface area contributed by atoms with Crippen molar-refractivity contribution in [1.82, 2.24) is 9.88 Å². The van der Waals surface area contributed by atoms with E-state index in [1.165, 1.54) is 19.5 Å². The number of ether oxygens (including phenoxy) is 2. The molecule has 1 aromatic carbocycles. The maximum Gasteiger partial charge on any atom is 0.257 e. The summed E-state index contributed by atoms with van der Waals surface area (Å²) in [6.45, 7) is 4.99. The zero-order chi connectivity index (χ0) is 19.1. The smallest absolute Gasteiger partial charge is 0.257 e. The predicted molar refractivity (Wildman–Crippen MR) is 99.0 cm³/mol. The summed E-state index contributed by atoms with van der Waals surface area (Å²) < 4.78 is 10.4. The van der Waals surface area contributed by atoms with Crippen LogP contribution in [0.1, 0.15) is 34.6 Å². The minimum Gasteiger partial charge on any atom is -0.497 e. The van der Waals surface area contributed by atoms with Crippen LogP contribution in [0.5, 0.6) is 11.5 Å². The number of carbonyl (C=O) groups excluding carboxylic acids is 2. The van der Waals surface area contributed by atoms with Crippen LogP contribution in [0.2, 0.25) is 0 Å². The molecule has 7 nitrogen and oxygen atoms in total. The molecule has 1 aromatic heterocycles. The molecule has 0 saturated heterocycles. The summed E-state index contributed by atoms with van der Waals surface area (Å²) in [6, 6.07) is 6.62. The molecule has 0 aliphatic heterocycles. The fourth-order valence-corrected chi connectivity index (χ4v) is 2.47. The number of pyridine rings is 1. The van der Waals surface area contributed by atoms with E-state index in [2.05, 4.69) is 10.3 Å². The molecule has 2 amide bonds. The Morgan fingerprint density at radius 2 is 1.73 bits per heavy atom. The lowest BCUT2D eigenvalue weighted by atomic mass is 10.1. The standard InChI is InChI=1S/C19H23N3O4/c1-5-22(6-2)19(24)14-9-13(11-20-12-14)18(23)21-16-8-7-15(25-3)10-17(16)26-4/h7-12H,5-6H2,1-4H3,(H,21,23). The Bertz CT molecular complexity index is 788. The first-order valence-corrected chi connectivity index (χ1v) is 8.31. The summed E-state index contributed by atoms with van der Waals surface area (Å²) >= 11 is 0. The normalized spacial score (nSPS) is 10.2. The summed E-state index contributed by atoms with van der Waals surface area (Å²) in [6.07, 6.45) is 2.88. The highest BCUT2D eigenvalue weighted by atomic mass is 16.5. The number of aromatic nitrogens is 1. The molecule has 0 atom stereocenters. The number of anilines is 1. The van der Waals surface area contributed by atoms with Crippen molar-refractivity contribution in [3.8, 4) is 11.5 Å². The zero-order valence-electron chi connectivity index (χ0n) is 15.4. The van der Waals surface area contributed by atoms with Gasteiger partial charge in [0.25, 0.3) is 11.8 Å². The van der Waals surface area contributed by atoms with Gasteiger partial charge in [-0.15, -0.1) is 0 Å². The molecule has 0 aliphatic carbocycles. The van der Waals surface area contributed by atoms with E-state index in [9.17, 15) is 9.59 Å². The Hall–Kier alpha value is -3.09. The highest BCUT2D eigenvalue weighted by Gasteiger charge is 2.16. The van der Waals surface area contributed by atoms with Crippen LogP contribution in [0.25, 0.3) is 0 Å². The quantitative estimate of drug-likeness (QED) is 0.824. The number of amides is 2. The van der Waals surface area contributed by atoms with Crippen LogP contribution in [0.15, 0.2) is 36.7 Å². The van der Waals surface area contributed by atoms with Crippen LogP contribution in [0.4, 0.5) is 5.69 Å². The Kier molecular flexibility index (Phi) is 6.54. The number of hydrogen-bond acceptors (Lipinski definition) is 5. The molecule has 0 saturated carbocycles. The largest absolute Gasteiger partial charge is 0.497 e. The van der Waals surface area contributed by atoms with Crippen molar-refractivity contribution in [2.75, 3.05) is 32.6 Å². The number of benzene rings is 1. The van der Waals surface area contributed by atoms with Gasteiger partial charge in [0, 0.05) is 31.5 Å². The fraction of sp³-hybridized carbons (Fsp3) is 0.316. The average molecular weight is 357 g/mol. The van der Waals surface area contributed by atoms with Gasteiger partial charge in [0.15, 0.2) is 0 Å². The lowest BCUT2D eigenvalue weighted by Gasteiger charge is -2.18. The monoisotopic (exact) mass is 357 g/mol. The first-order chi connectivity index (χ1) is 12.5. The van der Waals surface area contributed by atoms with E-state index in [0.29, 0.717) is 41.4 Å². The van der Waals surface area contributed by atoms with E-state index >= 15 is 0 Å². The third kappa shape index (κ3) is 4.30. The van der Waals surface area contributed by atoms with E-state index in [-0.39, 0.29) is 11.8 Å². The molecule has 26 heavy (non-hydrogen) atoms. The lowest BCUT2D eigenvalue weighted by Crippen LogP contribution is -2.30. The minimum absolute atomic E-state index is 0.154. The van der Waals surface area contributed by atoms with E-state index in [0.717, 1.165) is 0 Å². The Balaban J connectivity index is 2.23. The molecule has 7 heteroatoms. The Morgan fingerprint density at radius 3 is 2.35 bits per heavy atom. The van der Waals surface area contributed by atoms with E-state index in [1.54, 1.807) is 36.3 Å². The fourth-order valence-electron chi connectivity index (χ4n) is 2.47. The number of nitrogens with one attached hydrogen (secondary N) is 1. The predicted octanol–water partition coefficient (Wildman–Crippen LogP) is 2.83. The molecule has 2 rings (SSSR count). The minimum atomic E-state index is -0.379. The zero-order valence-corrected chi connectivity index (χ0v) is 15.4. The summed E-state index contributed by atoms with van der Waals surface area (Å²) in [5, 5.41) is 2.77. The first-order valence-electron chi connectivity index (χ1n) is 8.31. The van der Waals surface area contributed by atoms with Gasteiger partial charge in [0.2, 0.25) is 0 Å². The number of hydrogen-bond donors (Lipinski definition) is 1. The molecule has 0 spiro atoms. The SMILES string of the molecule is CCN(CC)C(=O)c1cncc(C(=O)Nc2ccc(OC)cc2OC)c1. The molecule has 0 fully saturated rings.